The summed E-state index contributed by atoms with van der Waals surface area (Å²) in [7, 11) is 1.48. The summed E-state index contributed by atoms with van der Waals surface area (Å²) in [6.45, 7) is 0.558. The van der Waals surface area contributed by atoms with Crippen LogP contribution in [0.5, 0.6) is 17.2 Å². The first-order valence-electron chi connectivity index (χ1n) is 9.27. The second-order valence-electron chi connectivity index (χ2n) is 6.37. The van der Waals surface area contributed by atoms with Crippen molar-refractivity contribution in [2.75, 3.05) is 19.0 Å². The zero-order valence-corrected chi connectivity index (χ0v) is 16.2. The number of benzene rings is 3. The molecule has 0 bridgehead atoms. The average Bonchev–Trinajstić information content (AvgIpc) is 2.73. The first-order valence-corrected chi connectivity index (χ1v) is 9.27. The van der Waals surface area contributed by atoms with Crippen molar-refractivity contribution < 1.29 is 19.4 Å². The van der Waals surface area contributed by atoms with Crippen molar-refractivity contribution in [1.29, 1.82) is 0 Å². The summed E-state index contributed by atoms with van der Waals surface area (Å²) in [5.74, 6) is 0.829. The Morgan fingerprint density at radius 3 is 2.62 bits per heavy atom. The van der Waals surface area contributed by atoms with Crippen LogP contribution in [0, 0.1) is 0 Å². The second-order valence-corrected chi connectivity index (χ2v) is 6.37. The Hall–Kier alpha value is -3.73. The molecule has 0 aliphatic carbocycles. The number of rotatable bonds is 8. The number of carbonyl (C=O) groups is 1. The summed E-state index contributed by atoms with van der Waals surface area (Å²) in [6, 6.07) is 22.3. The molecule has 0 radical (unpaired) electrons. The zero-order chi connectivity index (χ0) is 20.5. The Kier molecular flexibility index (Phi) is 6.90. The third-order valence-electron chi connectivity index (χ3n) is 4.23. The topological polar surface area (TPSA) is 67.8 Å². The molecule has 0 aliphatic heterocycles. The van der Waals surface area contributed by atoms with E-state index in [0.717, 1.165) is 6.42 Å². The lowest BCUT2D eigenvalue weighted by atomic mass is 10.2. The normalized spacial score (nSPS) is 10.7. The van der Waals surface area contributed by atoms with E-state index in [4.69, 9.17) is 9.47 Å². The summed E-state index contributed by atoms with van der Waals surface area (Å²) >= 11 is 0. The molecule has 0 unspecified atom stereocenters. The number of phenolic OH excluding ortho intramolecular Hbond substituents is 1. The van der Waals surface area contributed by atoms with E-state index in [0.29, 0.717) is 29.4 Å². The molecule has 3 rings (SSSR count). The maximum atomic E-state index is 12.2. The van der Waals surface area contributed by atoms with Gasteiger partial charge in [-0.15, -0.1) is 0 Å². The quantitative estimate of drug-likeness (QED) is 0.549. The molecule has 5 heteroatoms. The number of nitrogens with one attached hydrogen (secondary N) is 1. The van der Waals surface area contributed by atoms with Gasteiger partial charge in [-0.05, 0) is 41.5 Å². The van der Waals surface area contributed by atoms with E-state index in [9.17, 15) is 9.90 Å². The van der Waals surface area contributed by atoms with E-state index >= 15 is 0 Å². The number of ether oxygens (including phenoxy) is 2. The van der Waals surface area contributed by atoms with Crippen molar-refractivity contribution in [3.8, 4) is 17.2 Å². The predicted molar refractivity (Wildman–Crippen MR) is 114 cm³/mol. The molecule has 0 saturated carbocycles. The van der Waals surface area contributed by atoms with Crippen molar-refractivity contribution in [3.63, 3.8) is 0 Å². The number of methoxy groups -OCH3 is 1. The molecule has 3 aromatic rings. The van der Waals surface area contributed by atoms with Crippen molar-refractivity contribution in [2.24, 2.45) is 0 Å². The van der Waals surface area contributed by atoms with Crippen LogP contribution in [0.1, 0.15) is 11.1 Å². The van der Waals surface area contributed by atoms with Crippen LogP contribution in [0.4, 0.5) is 5.69 Å². The Morgan fingerprint density at radius 1 is 1.03 bits per heavy atom. The average molecular weight is 389 g/mol. The third-order valence-corrected chi connectivity index (χ3v) is 4.23. The first kappa shape index (κ1) is 20.0. The Morgan fingerprint density at radius 2 is 1.86 bits per heavy atom. The first-order chi connectivity index (χ1) is 14.1. The zero-order valence-electron chi connectivity index (χ0n) is 16.2. The summed E-state index contributed by atoms with van der Waals surface area (Å²) in [6.07, 6.45) is 3.84. The molecule has 5 nitrogen and oxygen atoms in total. The van der Waals surface area contributed by atoms with Crippen LogP contribution in [-0.2, 0) is 11.2 Å². The molecule has 3 aromatic carbocycles. The predicted octanol–water partition coefficient (Wildman–Crippen LogP) is 4.67. The maximum Gasteiger partial charge on any atom is 0.248 e. The lowest BCUT2D eigenvalue weighted by molar-refractivity contribution is -0.111. The van der Waals surface area contributed by atoms with E-state index in [2.05, 4.69) is 17.4 Å². The highest BCUT2D eigenvalue weighted by Gasteiger charge is 2.03. The smallest absolute Gasteiger partial charge is 0.248 e. The van der Waals surface area contributed by atoms with Gasteiger partial charge in [0.1, 0.15) is 5.75 Å². The molecule has 29 heavy (non-hydrogen) atoms. The lowest BCUT2D eigenvalue weighted by Gasteiger charge is -2.08. The van der Waals surface area contributed by atoms with Crippen molar-refractivity contribution in [2.45, 2.75) is 6.42 Å². The summed E-state index contributed by atoms with van der Waals surface area (Å²) < 4.78 is 10.8. The van der Waals surface area contributed by atoms with Gasteiger partial charge < -0.3 is 19.9 Å². The van der Waals surface area contributed by atoms with E-state index in [-0.39, 0.29) is 11.7 Å². The molecule has 2 N–H and O–H groups in total. The summed E-state index contributed by atoms with van der Waals surface area (Å²) in [4.78, 5) is 12.2. The van der Waals surface area contributed by atoms with Crippen LogP contribution < -0.4 is 14.8 Å². The fourth-order valence-corrected chi connectivity index (χ4v) is 2.76. The largest absolute Gasteiger partial charge is 0.504 e. The maximum absolute atomic E-state index is 12.2. The number of carbonyl (C=O) groups excluding carboxylic acids is 1. The molecule has 1 amide bonds. The minimum absolute atomic E-state index is 0.0235. The van der Waals surface area contributed by atoms with Gasteiger partial charge in [-0.2, -0.15) is 0 Å². The Labute approximate surface area is 170 Å². The fraction of sp³-hybridized carbons (Fsp3) is 0.125. The van der Waals surface area contributed by atoms with Crippen LogP contribution in [0.25, 0.3) is 6.08 Å². The molecule has 0 saturated heterocycles. The molecule has 0 atom stereocenters. The van der Waals surface area contributed by atoms with Crippen LogP contribution in [0.3, 0.4) is 0 Å². The van der Waals surface area contributed by atoms with Crippen LogP contribution in [-0.4, -0.2) is 24.7 Å². The number of amides is 1. The molecule has 0 spiro atoms. The van der Waals surface area contributed by atoms with Gasteiger partial charge in [-0.1, -0.05) is 42.5 Å². The molecular weight excluding hydrogens is 366 g/mol. The highest BCUT2D eigenvalue weighted by atomic mass is 16.5. The third kappa shape index (κ3) is 6.14. The minimum atomic E-state index is -0.276. The highest BCUT2D eigenvalue weighted by molar-refractivity contribution is 6.02. The van der Waals surface area contributed by atoms with Crippen molar-refractivity contribution in [1.82, 2.24) is 0 Å². The van der Waals surface area contributed by atoms with Gasteiger partial charge >= 0.3 is 0 Å². The van der Waals surface area contributed by atoms with Crippen LogP contribution in [0.2, 0.25) is 0 Å². The van der Waals surface area contributed by atoms with Crippen LogP contribution >= 0.6 is 0 Å². The monoisotopic (exact) mass is 389 g/mol. The van der Waals surface area contributed by atoms with Gasteiger partial charge in [-0.3, -0.25) is 4.79 Å². The minimum Gasteiger partial charge on any atom is -0.504 e. The number of hydrogen-bond acceptors (Lipinski definition) is 4. The Bertz CT molecular complexity index is 983. The number of anilines is 1. The van der Waals surface area contributed by atoms with Gasteiger partial charge in [0.2, 0.25) is 5.91 Å². The van der Waals surface area contributed by atoms with E-state index < -0.39 is 0 Å². The van der Waals surface area contributed by atoms with Crippen LogP contribution in [0.15, 0.2) is 78.9 Å². The fourth-order valence-electron chi connectivity index (χ4n) is 2.76. The van der Waals surface area contributed by atoms with Gasteiger partial charge in [-0.25, -0.2) is 0 Å². The van der Waals surface area contributed by atoms with E-state index in [1.54, 1.807) is 30.3 Å². The van der Waals surface area contributed by atoms with Gasteiger partial charge in [0.05, 0.1) is 13.7 Å². The molecule has 0 aliphatic rings. The molecule has 148 valence electrons. The second kappa shape index (κ2) is 9.99. The molecule has 0 fully saturated rings. The van der Waals surface area contributed by atoms with E-state index in [1.807, 2.05) is 30.3 Å². The van der Waals surface area contributed by atoms with Gasteiger partial charge in [0, 0.05) is 24.3 Å². The summed E-state index contributed by atoms with van der Waals surface area (Å²) in [5, 5.41) is 12.6. The standard InChI is InChI=1S/C24H23NO4/c1-28-23-12-10-19(16-22(23)26)11-13-24(27)25-20-8-5-9-21(17-20)29-15-14-18-6-3-2-4-7-18/h2-13,16-17,26H,14-15H2,1H3,(H,25,27)/b13-11+. The summed E-state index contributed by atoms with van der Waals surface area (Å²) in [5.41, 5.74) is 2.55. The number of hydrogen-bond donors (Lipinski definition) is 2. The molecule has 0 heterocycles. The van der Waals surface area contributed by atoms with E-state index in [1.165, 1.54) is 24.8 Å². The van der Waals surface area contributed by atoms with Crippen molar-refractivity contribution >= 4 is 17.7 Å². The van der Waals surface area contributed by atoms with Gasteiger partial charge in [0.15, 0.2) is 11.5 Å². The lowest BCUT2D eigenvalue weighted by Crippen LogP contribution is -2.08. The van der Waals surface area contributed by atoms with Crippen molar-refractivity contribution in [3.05, 3.63) is 90.0 Å². The molecular formula is C24H23NO4. The highest BCUT2D eigenvalue weighted by Crippen LogP contribution is 2.26. The number of phenols is 1. The molecule has 0 aromatic heterocycles. The number of aromatic hydroxyl groups is 1. The van der Waals surface area contributed by atoms with Gasteiger partial charge in [0.25, 0.3) is 0 Å². The SMILES string of the molecule is COc1ccc(/C=C/C(=O)Nc2cccc(OCCc3ccccc3)c2)cc1O. The Balaban J connectivity index is 1.53.